The van der Waals surface area contributed by atoms with Crippen LogP contribution in [0.3, 0.4) is 0 Å². The van der Waals surface area contributed by atoms with Gasteiger partial charge in [-0.3, -0.25) is 0 Å². The van der Waals surface area contributed by atoms with Gasteiger partial charge in [0.15, 0.2) is 4.34 Å². The van der Waals surface area contributed by atoms with Gasteiger partial charge < -0.3 is 0 Å². The number of hydrogen-bond acceptors (Lipinski definition) is 5. The molecule has 6 heteroatoms. The zero-order valence-electron chi connectivity index (χ0n) is 7.27. The Kier molecular flexibility index (Phi) is 3.34. The Hall–Kier alpha value is -0.210. The number of aryl methyl sites for hydroxylation is 1. The van der Waals surface area contributed by atoms with Crippen LogP contribution in [0, 0.1) is 10.5 Å². The van der Waals surface area contributed by atoms with Gasteiger partial charge in [0.1, 0.15) is 11.4 Å². The van der Waals surface area contributed by atoms with Gasteiger partial charge in [-0.2, -0.15) is 0 Å². The lowest BCUT2D eigenvalue weighted by atomic mass is 10.6. The summed E-state index contributed by atoms with van der Waals surface area (Å²) >= 11 is 5.45. The molecule has 0 aliphatic carbocycles. The fourth-order valence-corrected chi connectivity index (χ4v) is 3.17. The lowest BCUT2D eigenvalue weighted by molar-refractivity contribution is 1.02. The SMILES string of the molecule is Cc1csc(Sc2ncncc2I)n1. The van der Waals surface area contributed by atoms with E-state index in [1.807, 2.05) is 12.3 Å². The fraction of sp³-hybridized carbons (Fsp3) is 0.125. The van der Waals surface area contributed by atoms with Gasteiger partial charge in [-0.1, -0.05) is 0 Å². The van der Waals surface area contributed by atoms with E-state index in [0.717, 1.165) is 18.6 Å². The largest absolute Gasteiger partial charge is 0.244 e. The van der Waals surface area contributed by atoms with Crippen molar-refractivity contribution in [1.29, 1.82) is 0 Å². The van der Waals surface area contributed by atoms with Gasteiger partial charge in [-0.05, 0) is 41.3 Å². The van der Waals surface area contributed by atoms with Gasteiger partial charge in [0, 0.05) is 17.3 Å². The maximum atomic E-state index is 4.36. The van der Waals surface area contributed by atoms with Crippen molar-refractivity contribution in [2.24, 2.45) is 0 Å². The molecule has 0 fully saturated rings. The molecule has 0 spiro atoms. The second kappa shape index (κ2) is 4.54. The molecule has 2 aromatic heterocycles. The number of rotatable bonds is 2. The Labute approximate surface area is 104 Å². The van der Waals surface area contributed by atoms with Crippen molar-refractivity contribution >= 4 is 45.7 Å². The molecule has 2 rings (SSSR count). The molecule has 2 aromatic rings. The third kappa shape index (κ3) is 2.43. The third-order valence-electron chi connectivity index (χ3n) is 1.42. The first-order chi connectivity index (χ1) is 6.75. The maximum absolute atomic E-state index is 4.36. The molecular weight excluding hydrogens is 329 g/mol. The summed E-state index contributed by atoms with van der Waals surface area (Å²) in [5, 5.41) is 3.01. The summed E-state index contributed by atoms with van der Waals surface area (Å²) in [7, 11) is 0. The molecule has 0 bridgehead atoms. The smallest absolute Gasteiger partial charge is 0.156 e. The van der Waals surface area contributed by atoms with Gasteiger partial charge >= 0.3 is 0 Å². The van der Waals surface area contributed by atoms with Crippen LogP contribution in [0.2, 0.25) is 0 Å². The Bertz CT molecular complexity index is 444. The van der Waals surface area contributed by atoms with Gasteiger partial charge in [0.05, 0.1) is 3.57 Å². The number of thiazole rings is 1. The molecule has 0 atom stereocenters. The highest BCUT2D eigenvalue weighted by Crippen LogP contribution is 2.30. The van der Waals surface area contributed by atoms with E-state index in [9.17, 15) is 0 Å². The standard InChI is InChI=1S/C8H6IN3S2/c1-5-3-13-8(12-5)14-7-6(9)2-10-4-11-7/h2-4H,1H3. The number of aromatic nitrogens is 3. The van der Waals surface area contributed by atoms with E-state index in [1.54, 1.807) is 35.6 Å². The van der Waals surface area contributed by atoms with Crippen LogP contribution in [-0.2, 0) is 0 Å². The van der Waals surface area contributed by atoms with Crippen molar-refractivity contribution in [3.05, 3.63) is 27.2 Å². The summed E-state index contributed by atoms with van der Waals surface area (Å²) in [4.78, 5) is 12.5. The predicted molar refractivity (Wildman–Crippen MR) is 65.7 cm³/mol. The number of hydrogen-bond donors (Lipinski definition) is 0. The first-order valence-corrected chi connectivity index (χ1v) is 6.58. The van der Waals surface area contributed by atoms with E-state index >= 15 is 0 Å². The second-order valence-electron chi connectivity index (χ2n) is 2.53. The van der Waals surface area contributed by atoms with Crippen LogP contribution in [0.1, 0.15) is 5.69 Å². The summed E-state index contributed by atoms with van der Waals surface area (Å²) in [5.41, 5.74) is 1.06. The minimum Gasteiger partial charge on any atom is -0.244 e. The average molecular weight is 335 g/mol. The fourth-order valence-electron chi connectivity index (χ4n) is 0.838. The quantitative estimate of drug-likeness (QED) is 0.625. The van der Waals surface area contributed by atoms with E-state index in [-0.39, 0.29) is 0 Å². The van der Waals surface area contributed by atoms with Crippen molar-refractivity contribution < 1.29 is 0 Å². The number of halogens is 1. The van der Waals surface area contributed by atoms with E-state index in [0.29, 0.717) is 0 Å². The van der Waals surface area contributed by atoms with Crippen molar-refractivity contribution in [2.75, 3.05) is 0 Å². The molecule has 0 aliphatic rings. The molecule has 0 N–H and O–H groups in total. The van der Waals surface area contributed by atoms with Crippen LogP contribution in [0.4, 0.5) is 0 Å². The van der Waals surface area contributed by atoms with E-state index < -0.39 is 0 Å². The van der Waals surface area contributed by atoms with Gasteiger partial charge in [-0.15, -0.1) is 11.3 Å². The van der Waals surface area contributed by atoms with Crippen LogP contribution < -0.4 is 0 Å². The monoisotopic (exact) mass is 335 g/mol. The normalized spacial score (nSPS) is 10.4. The molecule has 0 saturated carbocycles. The topological polar surface area (TPSA) is 38.7 Å². The highest BCUT2D eigenvalue weighted by Gasteiger charge is 2.06. The summed E-state index contributed by atoms with van der Waals surface area (Å²) in [6.07, 6.45) is 3.36. The Morgan fingerprint density at radius 2 is 2.36 bits per heavy atom. The summed E-state index contributed by atoms with van der Waals surface area (Å²) in [5.74, 6) is 0. The molecule has 3 nitrogen and oxygen atoms in total. The molecule has 72 valence electrons. The minimum absolute atomic E-state index is 0.968. The maximum Gasteiger partial charge on any atom is 0.156 e. The molecule has 0 saturated heterocycles. The Morgan fingerprint density at radius 1 is 1.50 bits per heavy atom. The minimum atomic E-state index is 0.968. The highest BCUT2D eigenvalue weighted by molar-refractivity contribution is 14.1. The lowest BCUT2D eigenvalue weighted by Gasteiger charge is -1.97. The molecule has 14 heavy (non-hydrogen) atoms. The van der Waals surface area contributed by atoms with Crippen LogP contribution >= 0.6 is 45.7 Å². The van der Waals surface area contributed by atoms with Crippen LogP contribution in [0.25, 0.3) is 0 Å². The van der Waals surface area contributed by atoms with Crippen LogP contribution in [0.15, 0.2) is 27.3 Å². The van der Waals surface area contributed by atoms with Gasteiger partial charge in [-0.25, -0.2) is 15.0 Å². The third-order valence-corrected chi connectivity index (χ3v) is 4.65. The van der Waals surface area contributed by atoms with Crippen molar-refractivity contribution in [3.8, 4) is 0 Å². The summed E-state index contributed by atoms with van der Waals surface area (Å²) in [6.45, 7) is 1.99. The van der Waals surface area contributed by atoms with E-state index in [4.69, 9.17) is 0 Å². The van der Waals surface area contributed by atoms with E-state index in [1.165, 1.54) is 0 Å². The van der Waals surface area contributed by atoms with Gasteiger partial charge in [0.25, 0.3) is 0 Å². The molecule has 0 unspecified atom stereocenters. The number of nitrogens with zero attached hydrogens (tertiary/aromatic N) is 3. The highest BCUT2D eigenvalue weighted by atomic mass is 127. The molecule has 0 amide bonds. The summed E-state index contributed by atoms with van der Waals surface area (Å²) < 4.78 is 2.09. The lowest BCUT2D eigenvalue weighted by Crippen LogP contribution is -1.85. The molecule has 0 radical (unpaired) electrons. The second-order valence-corrected chi connectivity index (χ2v) is 5.79. The zero-order valence-corrected chi connectivity index (χ0v) is 11.1. The van der Waals surface area contributed by atoms with Crippen molar-refractivity contribution in [2.45, 2.75) is 16.3 Å². The van der Waals surface area contributed by atoms with E-state index in [2.05, 4.69) is 37.5 Å². The van der Waals surface area contributed by atoms with Crippen LogP contribution in [0.5, 0.6) is 0 Å². The first-order valence-electron chi connectivity index (χ1n) is 3.81. The molecule has 2 heterocycles. The Morgan fingerprint density at radius 3 is 3.00 bits per heavy atom. The zero-order chi connectivity index (χ0) is 9.97. The Balaban J connectivity index is 2.23. The molecule has 0 aromatic carbocycles. The first kappa shape index (κ1) is 10.3. The average Bonchev–Trinajstić information content (AvgIpc) is 2.56. The van der Waals surface area contributed by atoms with Crippen molar-refractivity contribution in [3.63, 3.8) is 0 Å². The summed E-state index contributed by atoms with van der Waals surface area (Å²) in [6, 6.07) is 0. The predicted octanol–water partition coefficient (Wildman–Crippen LogP) is 3.00. The van der Waals surface area contributed by atoms with Gasteiger partial charge in [0.2, 0.25) is 0 Å². The molecule has 0 aliphatic heterocycles. The van der Waals surface area contributed by atoms with Crippen LogP contribution in [-0.4, -0.2) is 15.0 Å². The van der Waals surface area contributed by atoms with Crippen molar-refractivity contribution in [1.82, 2.24) is 15.0 Å². The molecular formula is C8H6IN3S2.